The minimum absolute atomic E-state index is 0.727. The molecule has 0 bridgehead atoms. The molecule has 1 N–H and O–H groups in total. The Labute approximate surface area is 89.0 Å². The Morgan fingerprint density at radius 3 is 2.00 bits per heavy atom. The van der Waals surface area contributed by atoms with E-state index in [-0.39, 0.29) is 0 Å². The van der Waals surface area contributed by atoms with Crippen molar-refractivity contribution < 1.29 is 19.4 Å². The van der Waals surface area contributed by atoms with Gasteiger partial charge in [-0.05, 0) is 27.2 Å². The molecule has 0 saturated carbocycles. The van der Waals surface area contributed by atoms with Crippen LogP contribution in [0.2, 0.25) is 0 Å². The van der Waals surface area contributed by atoms with Gasteiger partial charge in [0.2, 0.25) is 0 Å². The topological polar surface area (TPSA) is 66.6 Å². The van der Waals surface area contributed by atoms with Crippen LogP contribution in [-0.2, 0) is 14.3 Å². The Morgan fingerprint density at radius 2 is 1.93 bits per heavy atom. The van der Waals surface area contributed by atoms with E-state index in [1.807, 2.05) is 0 Å². The predicted molar refractivity (Wildman–Crippen MR) is 53.5 cm³/mol. The molecule has 2 saturated heterocycles. The van der Waals surface area contributed by atoms with Gasteiger partial charge in [-0.15, -0.1) is 0 Å². The molecule has 0 aromatic carbocycles. The predicted octanol–water partition coefficient (Wildman–Crippen LogP) is 0.487. The number of rotatable bonds is 0. The first-order chi connectivity index (χ1) is 6.79. The molecule has 2 aliphatic heterocycles. The maximum Gasteiger partial charge on any atom is 0.417 e. The van der Waals surface area contributed by atoms with Gasteiger partial charge in [0.05, 0.1) is 0 Å². The van der Waals surface area contributed by atoms with Gasteiger partial charge in [-0.25, -0.2) is 9.59 Å². The number of ether oxygens (including phenoxy) is 1. The van der Waals surface area contributed by atoms with E-state index in [0.717, 1.165) is 6.04 Å². The number of nitrogens with zero attached hydrogens (tertiary/aromatic N) is 1. The third-order valence-electron chi connectivity index (χ3n) is 2.15. The Balaban J connectivity index is 0.000000180. The molecule has 0 radical (unpaired) electrons. The highest BCUT2D eigenvalue weighted by Gasteiger charge is 2.41. The van der Waals surface area contributed by atoms with Crippen molar-refractivity contribution in [2.24, 2.45) is 0 Å². The zero-order chi connectivity index (χ0) is 11.6. The first-order valence-corrected chi connectivity index (χ1v) is 5.00. The van der Waals surface area contributed by atoms with Gasteiger partial charge in [0.1, 0.15) is 5.60 Å². The van der Waals surface area contributed by atoms with Crippen LogP contribution in [0, 0.1) is 0 Å². The average Bonchev–Trinajstić information content (AvgIpc) is 2.55. The summed E-state index contributed by atoms with van der Waals surface area (Å²) in [5.41, 5.74) is -0.727. The van der Waals surface area contributed by atoms with Gasteiger partial charge in [0, 0.05) is 19.1 Å². The Kier molecular flexibility index (Phi) is 3.34. The molecule has 2 rings (SSSR count). The third-order valence-corrected chi connectivity index (χ3v) is 2.15. The first kappa shape index (κ1) is 12.0. The lowest BCUT2D eigenvalue weighted by atomic mass is 10.2. The number of hydrogen-bond donors (Lipinski definition) is 1. The summed E-state index contributed by atoms with van der Waals surface area (Å²) < 4.78 is 4.46. The molecule has 5 heteroatoms. The summed E-state index contributed by atoms with van der Waals surface area (Å²) in [6.07, 6.45) is 1.49. The fourth-order valence-electron chi connectivity index (χ4n) is 1.22. The molecule has 2 aliphatic rings. The van der Waals surface area contributed by atoms with Crippen LogP contribution in [0.5, 0.6) is 0 Å². The summed E-state index contributed by atoms with van der Waals surface area (Å²) in [7, 11) is 0. The average molecular weight is 215 g/mol. The van der Waals surface area contributed by atoms with Gasteiger partial charge in [-0.2, -0.15) is 0 Å². The van der Waals surface area contributed by atoms with Crippen molar-refractivity contribution in [1.29, 1.82) is 0 Å². The van der Waals surface area contributed by atoms with Crippen LogP contribution >= 0.6 is 0 Å². The molecule has 0 aromatic rings. The summed E-state index contributed by atoms with van der Waals surface area (Å²) in [4.78, 5) is 22.7. The fraction of sp³-hybridized carbons (Fsp3) is 0.800. The number of hydrogen-bond acceptors (Lipinski definition) is 4. The van der Waals surface area contributed by atoms with Gasteiger partial charge in [-0.1, -0.05) is 0 Å². The number of aliphatic carboxylic acids is 1. The molecule has 0 amide bonds. The van der Waals surface area contributed by atoms with Gasteiger partial charge in [0.15, 0.2) is 0 Å². The molecule has 86 valence electrons. The van der Waals surface area contributed by atoms with Crippen LogP contribution < -0.4 is 0 Å². The van der Waals surface area contributed by atoms with E-state index in [4.69, 9.17) is 5.11 Å². The van der Waals surface area contributed by atoms with E-state index in [0.29, 0.717) is 0 Å². The first-order valence-electron chi connectivity index (χ1n) is 5.00. The quantitative estimate of drug-likeness (QED) is 0.362. The Bertz CT molecular complexity index is 257. The van der Waals surface area contributed by atoms with Crippen molar-refractivity contribution in [3.05, 3.63) is 0 Å². The smallest absolute Gasteiger partial charge is 0.417 e. The van der Waals surface area contributed by atoms with Crippen LogP contribution in [0.3, 0.4) is 0 Å². The lowest BCUT2D eigenvalue weighted by molar-refractivity contribution is -0.171. The fourth-order valence-corrected chi connectivity index (χ4v) is 1.22. The second-order valence-corrected chi connectivity index (χ2v) is 4.74. The Hall–Kier alpha value is -1.10. The van der Waals surface area contributed by atoms with Crippen molar-refractivity contribution in [3.8, 4) is 0 Å². The Morgan fingerprint density at radius 1 is 1.40 bits per heavy atom. The van der Waals surface area contributed by atoms with Crippen LogP contribution in [0.4, 0.5) is 0 Å². The van der Waals surface area contributed by atoms with E-state index in [9.17, 15) is 9.59 Å². The molecular formula is C10H17NO4. The van der Waals surface area contributed by atoms with Crippen molar-refractivity contribution in [1.82, 2.24) is 4.90 Å². The standard InChI is InChI=1S/C6H10O4.C4H7N/c1-6(2,3)10-5(9)4(7)8;1-2-5-3-4(1)5/h1-3H3,(H,7,8);4H,1-3H2. The van der Waals surface area contributed by atoms with Crippen molar-refractivity contribution in [3.63, 3.8) is 0 Å². The maximum atomic E-state index is 10.3. The monoisotopic (exact) mass is 215 g/mol. The minimum Gasteiger partial charge on any atom is -0.473 e. The van der Waals surface area contributed by atoms with Gasteiger partial charge in [-0.3, -0.25) is 4.90 Å². The van der Waals surface area contributed by atoms with Crippen molar-refractivity contribution in [2.45, 2.75) is 38.8 Å². The number of carbonyl (C=O) groups excluding carboxylic acids is 1. The van der Waals surface area contributed by atoms with Crippen LogP contribution in [0.25, 0.3) is 0 Å². The maximum absolute atomic E-state index is 10.3. The van der Waals surface area contributed by atoms with Gasteiger partial charge in [0.25, 0.3) is 0 Å². The molecule has 5 nitrogen and oxygen atoms in total. The lowest BCUT2D eigenvalue weighted by Crippen LogP contribution is -2.28. The molecular weight excluding hydrogens is 198 g/mol. The zero-order valence-electron chi connectivity index (χ0n) is 9.32. The zero-order valence-corrected chi connectivity index (χ0v) is 9.32. The molecule has 2 fully saturated rings. The SMILES string of the molecule is C1CN2CC12.CC(C)(C)OC(=O)C(=O)O. The number of carbonyl (C=O) groups is 2. The largest absolute Gasteiger partial charge is 0.473 e. The van der Waals surface area contributed by atoms with E-state index in [1.165, 1.54) is 19.5 Å². The van der Waals surface area contributed by atoms with Crippen molar-refractivity contribution in [2.75, 3.05) is 13.1 Å². The minimum atomic E-state index is -1.56. The second kappa shape index (κ2) is 4.18. The molecule has 2 atom stereocenters. The number of esters is 1. The second-order valence-electron chi connectivity index (χ2n) is 4.74. The number of carboxylic acids is 1. The van der Waals surface area contributed by atoms with E-state index < -0.39 is 17.5 Å². The number of carboxylic acid groups (broad SMARTS) is 1. The highest BCUT2D eigenvalue weighted by Crippen LogP contribution is 2.30. The third kappa shape index (κ3) is 4.29. The summed E-state index contributed by atoms with van der Waals surface area (Å²) >= 11 is 0. The summed E-state index contributed by atoms with van der Waals surface area (Å²) in [5, 5.41) is 8.07. The highest BCUT2D eigenvalue weighted by molar-refractivity contribution is 6.28. The molecule has 0 spiro atoms. The molecule has 0 aromatic heterocycles. The van der Waals surface area contributed by atoms with Gasteiger partial charge >= 0.3 is 11.9 Å². The lowest BCUT2D eigenvalue weighted by Gasteiger charge is -2.17. The molecule has 2 unspecified atom stereocenters. The normalized spacial score (nSPS) is 26.3. The highest BCUT2D eigenvalue weighted by atomic mass is 16.6. The van der Waals surface area contributed by atoms with Crippen LogP contribution in [-0.4, -0.2) is 46.7 Å². The summed E-state index contributed by atoms with van der Waals surface area (Å²) in [6.45, 7) is 7.63. The van der Waals surface area contributed by atoms with E-state index >= 15 is 0 Å². The summed E-state index contributed by atoms with van der Waals surface area (Å²) in [5.74, 6) is -2.78. The number of fused-ring (bicyclic) bond motifs is 1. The van der Waals surface area contributed by atoms with E-state index in [1.54, 1.807) is 20.8 Å². The molecule has 0 aliphatic carbocycles. The molecule has 15 heavy (non-hydrogen) atoms. The van der Waals surface area contributed by atoms with Gasteiger partial charge < -0.3 is 9.84 Å². The molecule has 2 heterocycles. The van der Waals surface area contributed by atoms with Crippen LogP contribution in [0.15, 0.2) is 0 Å². The summed E-state index contributed by atoms with van der Waals surface area (Å²) in [6, 6.07) is 1.06. The van der Waals surface area contributed by atoms with Crippen LogP contribution in [0.1, 0.15) is 27.2 Å². The van der Waals surface area contributed by atoms with Crippen molar-refractivity contribution >= 4 is 11.9 Å². The van der Waals surface area contributed by atoms with E-state index in [2.05, 4.69) is 9.64 Å².